The molecule has 0 radical (unpaired) electrons. The van der Waals surface area contributed by atoms with E-state index in [0.717, 1.165) is 55.9 Å². The lowest BCUT2D eigenvalue weighted by molar-refractivity contribution is -0.119. The highest BCUT2D eigenvalue weighted by Gasteiger charge is 2.35. The fourth-order valence-electron chi connectivity index (χ4n) is 7.08. The van der Waals surface area contributed by atoms with Crippen molar-refractivity contribution < 1.29 is 19.0 Å². The zero-order valence-electron chi connectivity index (χ0n) is 27.7. The van der Waals surface area contributed by atoms with Crippen LogP contribution in [0.25, 0.3) is 11.1 Å². The van der Waals surface area contributed by atoms with Crippen molar-refractivity contribution in [3.05, 3.63) is 75.8 Å². The smallest absolute Gasteiger partial charge is 0.220 e. The lowest BCUT2D eigenvalue weighted by Crippen LogP contribution is -2.55. The number of nitrogens with zero attached hydrogens (tertiary/aromatic N) is 1. The molecule has 1 aliphatic carbocycles. The number of carbonyl (C=O) groups is 1. The molecule has 3 aromatic rings. The first-order valence-electron chi connectivity index (χ1n) is 16.9. The number of rotatable bonds is 14. The first-order chi connectivity index (χ1) is 22.2. The van der Waals surface area contributed by atoms with Gasteiger partial charge in [-0.3, -0.25) is 9.69 Å². The average Bonchev–Trinajstić information content (AvgIpc) is 3.65. The topological polar surface area (TPSA) is 72.1 Å². The Labute approximate surface area is 278 Å². The fourth-order valence-corrected chi connectivity index (χ4v) is 7.31. The van der Waals surface area contributed by atoms with Crippen LogP contribution in [0.15, 0.2) is 48.5 Å². The minimum atomic E-state index is -0.0950. The summed E-state index contributed by atoms with van der Waals surface area (Å²) in [5.41, 5.74) is 7.47. The Morgan fingerprint density at radius 1 is 1.02 bits per heavy atom. The zero-order chi connectivity index (χ0) is 32.3. The Morgan fingerprint density at radius 2 is 1.85 bits per heavy atom. The number of likely N-dealkylation sites (tertiary alicyclic amines) is 1. The van der Waals surface area contributed by atoms with E-state index in [1.54, 1.807) is 0 Å². The first kappa shape index (κ1) is 32.7. The molecular formula is C38H48ClN3O4. The third kappa shape index (κ3) is 7.17. The van der Waals surface area contributed by atoms with Gasteiger partial charge in [0.25, 0.3) is 0 Å². The van der Waals surface area contributed by atoms with Gasteiger partial charge in [0.2, 0.25) is 5.91 Å². The van der Waals surface area contributed by atoms with E-state index in [0.29, 0.717) is 42.4 Å². The van der Waals surface area contributed by atoms with Gasteiger partial charge in [-0.2, -0.15) is 0 Å². The van der Waals surface area contributed by atoms with Gasteiger partial charge in [0.05, 0.1) is 18.2 Å². The van der Waals surface area contributed by atoms with Crippen molar-refractivity contribution in [3.63, 3.8) is 0 Å². The van der Waals surface area contributed by atoms with Crippen molar-refractivity contribution in [2.45, 2.75) is 90.4 Å². The largest absolute Gasteiger partial charge is 0.493 e. The van der Waals surface area contributed by atoms with Crippen LogP contribution in [0.5, 0.6) is 17.2 Å². The van der Waals surface area contributed by atoms with Crippen LogP contribution in [0.1, 0.15) is 81.2 Å². The Kier molecular flexibility index (Phi) is 10.1. The SMILES string of the molecule is CCOc1cc(O[C@H]2CCc3c(-c4cccc(OCCCN5CCC5(C)C)c4C)cccc32)c(Cl)cc1CNC[C@H]1CCC(=O)N1. The summed E-state index contributed by atoms with van der Waals surface area (Å²) in [5, 5.41) is 7.02. The van der Waals surface area contributed by atoms with Crippen molar-refractivity contribution in [1.29, 1.82) is 0 Å². The molecule has 2 heterocycles. The van der Waals surface area contributed by atoms with E-state index in [2.05, 4.69) is 72.7 Å². The Bertz CT molecular complexity index is 1560. The number of nitrogens with one attached hydrogen (secondary N) is 2. The van der Waals surface area contributed by atoms with Crippen LogP contribution in [0.2, 0.25) is 5.02 Å². The summed E-state index contributed by atoms with van der Waals surface area (Å²) < 4.78 is 18.9. The molecule has 2 atom stereocenters. The molecule has 246 valence electrons. The molecule has 8 heteroatoms. The Balaban J connectivity index is 1.13. The molecule has 46 heavy (non-hydrogen) atoms. The van der Waals surface area contributed by atoms with Gasteiger partial charge in [0.15, 0.2) is 0 Å². The van der Waals surface area contributed by atoms with E-state index >= 15 is 0 Å². The zero-order valence-corrected chi connectivity index (χ0v) is 28.5. The first-order valence-corrected chi connectivity index (χ1v) is 17.3. The van der Waals surface area contributed by atoms with Crippen LogP contribution in [0.3, 0.4) is 0 Å². The number of halogens is 1. The van der Waals surface area contributed by atoms with Crippen LogP contribution in [0, 0.1) is 6.92 Å². The molecule has 0 bridgehead atoms. The third-order valence-electron chi connectivity index (χ3n) is 9.94. The minimum Gasteiger partial charge on any atom is -0.493 e. The Hall–Kier alpha value is -3.26. The molecule has 2 N–H and O–H groups in total. The lowest BCUT2D eigenvalue weighted by Gasteiger charge is -2.48. The van der Waals surface area contributed by atoms with E-state index in [4.69, 9.17) is 25.8 Å². The van der Waals surface area contributed by atoms with Gasteiger partial charge in [0.1, 0.15) is 23.4 Å². The number of carbonyl (C=O) groups excluding carboxylic acids is 1. The highest BCUT2D eigenvalue weighted by molar-refractivity contribution is 6.32. The molecule has 0 spiro atoms. The van der Waals surface area contributed by atoms with Crippen LogP contribution >= 0.6 is 11.6 Å². The van der Waals surface area contributed by atoms with Crippen LogP contribution in [-0.2, 0) is 17.8 Å². The molecule has 0 saturated carbocycles. The molecule has 2 fully saturated rings. The van der Waals surface area contributed by atoms with Gasteiger partial charge in [0, 0.05) is 55.8 Å². The maximum absolute atomic E-state index is 11.5. The van der Waals surface area contributed by atoms with Crippen LogP contribution < -0.4 is 24.8 Å². The molecule has 1 amide bonds. The molecule has 0 unspecified atom stereocenters. The monoisotopic (exact) mass is 645 g/mol. The van der Waals surface area contributed by atoms with E-state index in [1.807, 2.05) is 19.1 Å². The van der Waals surface area contributed by atoms with Crippen molar-refractivity contribution in [3.8, 4) is 28.4 Å². The van der Waals surface area contributed by atoms with Crippen molar-refractivity contribution in [1.82, 2.24) is 15.5 Å². The molecule has 2 aliphatic heterocycles. The fraction of sp³-hybridized carbons (Fsp3) is 0.500. The van der Waals surface area contributed by atoms with E-state index in [-0.39, 0.29) is 18.1 Å². The minimum absolute atomic E-state index is 0.0950. The number of hydrogen-bond acceptors (Lipinski definition) is 6. The number of benzene rings is 3. The summed E-state index contributed by atoms with van der Waals surface area (Å²) in [6, 6.07) is 17.0. The van der Waals surface area contributed by atoms with Crippen molar-refractivity contribution in [2.24, 2.45) is 0 Å². The molecule has 0 aromatic heterocycles. The number of ether oxygens (including phenoxy) is 3. The maximum Gasteiger partial charge on any atom is 0.220 e. The van der Waals surface area contributed by atoms with Gasteiger partial charge in [-0.1, -0.05) is 41.9 Å². The van der Waals surface area contributed by atoms with E-state index in [9.17, 15) is 4.79 Å². The number of hydrogen-bond donors (Lipinski definition) is 2. The van der Waals surface area contributed by atoms with Gasteiger partial charge in [-0.15, -0.1) is 0 Å². The molecule has 3 aromatic carbocycles. The summed E-state index contributed by atoms with van der Waals surface area (Å²) in [6.07, 6.45) is 5.47. The van der Waals surface area contributed by atoms with Gasteiger partial charge < -0.3 is 24.8 Å². The number of fused-ring (bicyclic) bond motifs is 1. The van der Waals surface area contributed by atoms with E-state index < -0.39 is 0 Å². The predicted octanol–water partition coefficient (Wildman–Crippen LogP) is 7.40. The van der Waals surface area contributed by atoms with Crippen LogP contribution in [-0.4, -0.2) is 55.2 Å². The second-order valence-corrected chi connectivity index (χ2v) is 13.9. The second-order valence-electron chi connectivity index (χ2n) is 13.5. The maximum atomic E-state index is 11.5. The van der Waals surface area contributed by atoms with Gasteiger partial charge in [-0.05, 0) is 99.7 Å². The number of amides is 1. The molecule has 2 saturated heterocycles. The highest BCUT2D eigenvalue weighted by Crippen LogP contribution is 2.44. The molecular weight excluding hydrogens is 598 g/mol. The Morgan fingerprint density at radius 3 is 2.59 bits per heavy atom. The predicted molar refractivity (Wildman–Crippen MR) is 184 cm³/mol. The normalized spacial score (nSPS) is 20.2. The second kappa shape index (κ2) is 14.2. The van der Waals surface area contributed by atoms with Crippen molar-refractivity contribution in [2.75, 3.05) is 32.8 Å². The summed E-state index contributed by atoms with van der Waals surface area (Å²) >= 11 is 6.81. The molecule has 7 nitrogen and oxygen atoms in total. The van der Waals surface area contributed by atoms with Gasteiger partial charge in [-0.25, -0.2) is 0 Å². The lowest BCUT2D eigenvalue weighted by atomic mass is 9.89. The van der Waals surface area contributed by atoms with Gasteiger partial charge >= 0.3 is 0 Å². The van der Waals surface area contributed by atoms with Crippen LogP contribution in [0.4, 0.5) is 0 Å². The standard InChI is InChI=1S/C38H48ClN3O4/c1-5-44-35-22-36(32(39)21-26(35)23-40-24-27-13-16-37(43)41-27)46-34-15-14-30-29(10-6-11-31(30)34)28-9-7-12-33(25(28)2)45-20-8-18-42-19-17-38(42,3)4/h6-7,9-12,21-22,27,34,40H,5,8,13-20,23-24H2,1-4H3,(H,41,43)/t27-,34+/m1/s1. The summed E-state index contributed by atoms with van der Waals surface area (Å²) in [6.45, 7) is 13.6. The molecule has 3 aliphatic rings. The summed E-state index contributed by atoms with van der Waals surface area (Å²) in [5.74, 6) is 2.48. The quantitative estimate of drug-likeness (QED) is 0.178. The summed E-state index contributed by atoms with van der Waals surface area (Å²) in [7, 11) is 0. The highest BCUT2D eigenvalue weighted by atomic mass is 35.5. The van der Waals surface area contributed by atoms with Crippen molar-refractivity contribution >= 4 is 17.5 Å². The third-order valence-corrected chi connectivity index (χ3v) is 10.2. The van der Waals surface area contributed by atoms with E-state index in [1.165, 1.54) is 40.8 Å². The summed E-state index contributed by atoms with van der Waals surface area (Å²) in [4.78, 5) is 14.1. The molecule has 6 rings (SSSR count). The average molecular weight is 646 g/mol.